The number of hydrogen-bond donors (Lipinski definition) is 0. The molecule has 2 nitrogen and oxygen atoms in total. The third kappa shape index (κ3) is 1.97. The Hall–Kier alpha value is -0.760. The van der Waals surface area contributed by atoms with Crippen molar-refractivity contribution >= 4 is 17.5 Å². The van der Waals surface area contributed by atoms with Crippen molar-refractivity contribution in [2.24, 2.45) is 28.6 Å². The molecule has 0 aromatic carbocycles. The summed E-state index contributed by atoms with van der Waals surface area (Å²) >= 11 is 6.15. The Morgan fingerprint density at radius 3 is 2.74 bits per heavy atom. The van der Waals surface area contributed by atoms with Gasteiger partial charge in [-0.1, -0.05) is 37.1 Å². The molecule has 4 rings (SSSR count). The number of amides is 1. The maximum Gasteiger partial charge on any atom is 0.246 e. The molecule has 1 heterocycles. The van der Waals surface area contributed by atoms with Gasteiger partial charge in [-0.3, -0.25) is 4.79 Å². The molecule has 0 spiro atoms. The highest BCUT2D eigenvalue weighted by Crippen LogP contribution is 2.65. The third-order valence-corrected chi connectivity index (χ3v) is 8.37. The summed E-state index contributed by atoms with van der Waals surface area (Å²) in [5, 5.41) is 0. The Kier molecular flexibility index (Phi) is 3.50. The second-order valence-corrected chi connectivity index (χ2v) is 8.97. The van der Waals surface area contributed by atoms with E-state index in [0.717, 1.165) is 18.3 Å². The molecule has 3 saturated carbocycles. The van der Waals surface area contributed by atoms with Gasteiger partial charge in [0.2, 0.25) is 5.91 Å². The molecule has 3 aliphatic carbocycles. The van der Waals surface area contributed by atoms with Gasteiger partial charge in [-0.05, 0) is 67.8 Å². The molecule has 0 radical (unpaired) electrons. The van der Waals surface area contributed by atoms with Crippen molar-refractivity contribution in [2.45, 2.75) is 58.4 Å². The van der Waals surface area contributed by atoms with E-state index >= 15 is 0 Å². The molecule has 0 aromatic heterocycles. The van der Waals surface area contributed by atoms with Crippen LogP contribution in [0, 0.1) is 28.6 Å². The fourth-order valence-electron chi connectivity index (χ4n) is 6.77. The maximum atomic E-state index is 12.1. The summed E-state index contributed by atoms with van der Waals surface area (Å²) in [4.78, 5) is 14.1. The summed E-state index contributed by atoms with van der Waals surface area (Å²) in [5.74, 6) is 2.45. The fraction of sp³-hybridized carbons (Fsp3) is 0.750. The van der Waals surface area contributed by atoms with E-state index in [1.54, 1.807) is 0 Å². The zero-order valence-corrected chi connectivity index (χ0v) is 15.3. The van der Waals surface area contributed by atoms with E-state index in [0.29, 0.717) is 17.4 Å². The van der Waals surface area contributed by atoms with Gasteiger partial charge in [-0.25, -0.2) is 0 Å². The molecule has 0 unspecified atom stereocenters. The molecule has 0 aromatic rings. The highest BCUT2D eigenvalue weighted by molar-refractivity contribution is 6.25. The van der Waals surface area contributed by atoms with Crippen LogP contribution in [0.4, 0.5) is 0 Å². The maximum absolute atomic E-state index is 12.1. The first kappa shape index (κ1) is 15.7. The number of fused-ring (bicyclic) bond motifs is 5. The SMILES string of the molecule is CN1C(=O)C=C[C@]2(C)[C@H]3CC[C@]4(C)C(=CCl)CC[C@H]4[C@@H]3CC[C@@H]12. The molecular weight excluding hydrogens is 306 g/mol. The zero-order valence-electron chi connectivity index (χ0n) is 14.5. The van der Waals surface area contributed by atoms with Crippen molar-refractivity contribution in [3.05, 3.63) is 23.3 Å². The van der Waals surface area contributed by atoms with Gasteiger partial charge < -0.3 is 4.90 Å². The minimum Gasteiger partial charge on any atom is -0.338 e. The summed E-state index contributed by atoms with van der Waals surface area (Å²) in [6.07, 6.45) is 11.5. The summed E-state index contributed by atoms with van der Waals surface area (Å²) in [5.41, 5.74) is 3.84. The Bertz CT molecular complexity index is 596. The predicted molar refractivity (Wildman–Crippen MR) is 94.0 cm³/mol. The van der Waals surface area contributed by atoms with Gasteiger partial charge in [0.05, 0.1) is 0 Å². The summed E-state index contributed by atoms with van der Waals surface area (Å²) in [7, 11) is 1.99. The smallest absolute Gasteiger partial charge is 0.246 e. The second-order valence-electron chi connectivity index (χ2n) is 8.75. The van der Waals surface area contributed by atoms with Gasteiger partial charge in [0, 0.05) is 24.0 Å². The number of carbonyl (C=O) groups excluding carboxylic acids is 1. The lowest BCUT2D eigenvalue weighted by atomic mass is 9.48. The van der Waals surface area contributed by atoms with Crippen LogP contribution in [-0.2, 0) is 4.79 Å². The Labute approximate surface area is 144 Å². The molecule has 6 atom stereocenters. The van der Waals surface area contributed by atoms with Gasteiger partial charge >= 0.3 is 0 Å². The molecule has 3 fully saturated rings. The van der Waals surface area contributed by atoms with Crippen LogP contribution < -0.4 is 0 Å². The average molecular weight is 334 g/mol. The molecule has 126 valence electrons. The third-order valence-electron chi connectivity index (χ3n) is 8.11. The predicted octanol–water partition coefficient (Wildman–Crippen LogP) is 4.75. The fourth-order valence-corrected chi connectivity index (χ4v) is 7.12. The summed E-state index contributed by atoms with van der Waals surface area (Å²) in [6.45, 7) is 4.86. The largest absolute Gasteiger partial charge is 0.338 e. The number of nitrogens with zero attached hydrogens (tertiary/aromatic N) is 1. The number of halogens is 1. The van der Waals surface area contributed by atoms with Gasteiger partial charge in [-0.2, -0.15) is 0 Å². The Morgan fingerprint density at radius 1 is 1.22 bits per heavy atom. The first-order valence-corrected chi connectivity index (χ1v) is 9.61. The van der Waals surface area contributed by atoms with Crippen LogP contribution in [0.2, 0.25) is 0 Å². The van der Waals surface area contributed by atoms with E-state index in [1.807, 2.05) is 23.6 Å². The normalized spacial score (nSPS) is 50.7. The Balaban J connectivity index is 1.70. The van der Waals surface area contributed by atoms with E-state index in [1.165, 1.54) is 37.7 Å². The van der Waals surface area contributed by atoms with Crippen LogP contribution in [0.25, 0.3) is 0 Å². The minimum absolute atomic E-state index is 0.153. The summed E-state index contributed by atoms with van der Waals surface area (Å²) in [6, 6.07) is 0.384. The lowest BCUT2D eigenvalue weighted by Gasteiger charge is -2.59. The van der Waals surface area contributed by atoms with E-state index in [9.17, 15) is 4.79 Å². The van der Waals surface area contributed by atoms with Crippen LogP contribution in [-0.4, -0.2) is 23.9 Å². The monoisotopic (exact) mass is 333 g/mol. The first-order valence-electron chi connectivity index (χ1n) is 9.17. The van der Waals surface area contributed by atoms with Crippen molar-refractivity contribution in [3.8, 4) is 0 Å². The number of rotatable bonds is 0. The Morgan fingerprint density at radius 2 is 2.00 bits per heavy atom. The molecule has 3 heteroatoms. The van der Waals surface area contributed by atoms with Crippen LogP contribution in [0.3, 0.4) is 0 Å². The molecule has 0 saturated heterocycles. The standard InChI is InChI=1S/C20H28ClNO/c1-19-10-8-16-14(15(19)6-4-13(19)12-21)5-7-17-20(16,2)11-9-18(23)22(17)3/h9,11-12,14-17H,4-8,10H2,1-3H3/t14-,15-,16-,17+,19+,20+/m0/s1. The second kappa shape index (κ2) is 5.12. The molecule has 0 bridgehead atoms. The first-order chi connectivity index (χ1) is 10.9. The van der Waals surface area contributed by atoms with Crippen molar-refractivity contribution in [3.63, 3.8) is 0 Å². The zero-order chi connectivity index (χ0) is 16.4. The average Bonchev–Trinajstić information content (AvgIpc) is 2.88. The number of hydrogen-bond acceptors (Lipinski definition) is 1. The quantitative estimate of drug-likeness (QED) is 0.626. The molecular formula is C20H28ClNO. The minimum atomic E-state index is 0.153. The topological polar surface area (TPSA) is 20.3 Å². The number of allylic oxidation sites excluding steroid dienone is 1. The number of likely N-dealkylation sites (N-methyl/N-ethyl adjacent to an activating group) is 1. The lowest BCUT2D eigenvalue weighted by molar-refractivity contribution is -0.137. The van der Waals surface area contributed by atoms with Crippen molar-refractivity contribution in [2.75, 3.05) is 7.05 Å². The van der Waals surface area contributed by atoms with Crippen molar-refractivity contribution in [1.29, 1.82) is 0 Å². The molecule has 4 aliphatic rings. The van der Waals surface area contributed by atoms with Gasteiger partial charge in [0.25, 0.3) is 0 Å². The van der Waals surface area contributed by atoms with Gasteiger partial charge in [0.1, 0.15) is 0 Å². The molecule has 1 aliphatic heterocycles. The van der Waals surface area contributed by atoms with Gasteiger partial charge in [0.15, 0.2) is 0 Å². The van der Waals surface area contributed by atoms with Crippen LogP contribution in [0.1, 0.15) is 52.4 Å². The lowest BCUT2D eigenvalue weighted by Crippen LogP contribution is -2.59. The highest BCUT2D eigenvalue weighted by atomic mass is 35.5. The van der Waals surface area contributed by atoms with E-state index in [4.69, 9.17) is 11.6 Å². The number of carbonyl (C=O) groups is 1. The van der Waals surface area contributed by atoms with E-state index in [-0.39, 0.29) is 11.3 Å². The molecule has 23 heavy (non-hydrogen) atoms. The van der Waals surface area contributed by atoms with Gasteiger partial charge in [-0.15, -0.1) is 0 Å². The van der Waals surface area contributed by atoms with Crippen LogP contribution >= 0.6 is 11.6 Å². The van der Waals surface area contributed by atoms with Crippen LogP contribution in [0.15, 0.2) is 23.3 Å². The molecule has 0 N–H and O–H groups in total. The molecule has 1 amide bonds. The van der Waals surface area contributed by atoms with Crippen molar-refractivity contribution in [1.82, 2.24) is 4.90 Å². The highest BCUT2D eigenvalue weighted by Gasteiger charge is 2.59. The summed E-state index contributed by atoms with van der Waals surface area (Å²) < 4.78 is 0. The van der Waals surface area contributed by atoms with Crippen molar-refractivity contribution < 1.29 is 4.79 Å². The van der Waals surface area contributed by atoms with Crippen LogP contribution in [0.5, 0.6) is 0 Å². The van der Waals surface area contributed by atoms with E-state index < -0.39 is 0 Å². The van der Waals surface area contributed by atoms with E-state index in [2.05, 4.69) is 19.9 Å².